The average molecular weight is 365 g/mol. The fourth-order valence-corrected chi connectivity index (χ4v) is 4.22. The van der Waals surface area contributed by atoms with E-state index < -0.39 is 10.0 Å². The van der Waals surface area contributed by atoms with Crippen molar-refractivity contribution in [3.63, 3.8) is 0 Å². The molecule has 1 aliphatic carbocycles. The number of hydrazine groups is 1. The van der Waals surface area contributed by atoms with Gasteiger partial charge in [-0.25, -0.2) is 8.42 Å². The van der Waals surface area contributed by atoms with Crippen LogP contribution in [0.15, 0.2) is 29.2 Å². The van der Waals surface area contributed by atoms with Crippen molar-refractivity contribution in [2.75, 3.05) is 11.4 Å². The minimum absolute atomic E-state index is 0.0480. The van der Waals surface area contributed by atoms with E-state index in [1.54, 1.807) is 17.0 Å². The highest BCUT2D eigenvalue weighted by molar-refractivity contribution is 7.89. The highest BCUT2D eigenvalue weighted by atomic mass is 32.2. The van der Waals surface area contributed by atoms with Gasteiger partial charge in [0, 0.05) is 24.6 Å². The van der Waals surface area contributed by atoms with Crippen LogP contribution in [0.25, 0.3) is 0 Å². The van der Waals surface area contributed by atoms with Gasteiger partial charge < -0.3 is 4.90 Å². The molecule has 1 saturated heterocycles. The molecule has 2 amide bonds. The zero-order valence-corrected chi connectivity index (χ0v) is 14.8. The maximum Gasteiger partial charge on any atom is 0.257 e. The molecule has 1 aromatic carbocycles. The van der Waals surface area contributed by atoms with Crippen molar-refractivity contribution in [1.82, 2.24) is 10.3 Å². The molecule has 2 fully saturated rings. The SMILES string of the molecule is O=C(NNS(=O)(=O)c1ccc(N2CCCC2=O)cc1)C1CCCCC1. The number of amides is 2. The van der Waals surface area contributed by atoms with Crippen LogP contribution in [0.1, 0.15) is 44.9 Å². The number of benzene rings is 1. The minimum Gasteiger partial charge on any atom is -0.312 e. The first kappa shape index (κ1) is 17.9. The zero-order valence-electron chi connectivity index (χ0n) is 14.0. The summed E-state index contributed by atoms with van der Waals surface area (Å²) in [4.78, 5) is 27.6. The van der Waals surface area contributed by atoms with Crippen LogP contribution in [0, 0.1) is 5.92 Å². The third-order valence-corrected chi connectivity index (χ3v) is 6.08. The summed E-state index contributed by atoms with van der Waals surface area (Å²) in [6.07, 6.45) is 6.06. The quantitative estimate of drug-likeness (QED) is 0.777. The van der Waals surface area contributed by atoms with E-state index in [1.165, 1.54) is 12.1 Å². The lowest BCUT2D eigenvalue weighted by molar-refractivity contribution is -0.126. The summed E-state index contributed by atoms with van der Waals surface area (Å²) < 4.78 is 24.6. The van der Waals surface area contributed by atoms with Gasteiger partial charge in [-0.3, -0.25) is 15.0 Å². The number of carbonyl (C=O) groups excluding carboxylic acids is 2. The van der Waals surface area contributed by atoms with Gasteiger partial charge in [0.05, 0.1) is 4.90 Å². The molecule has 3 rings (SSSR count). The van der Waals surface area contributed by atoms with Gasteiger partial charge >= 0.3 is 0 Å². The number of sulfonamides is 1. The third-order valence-electron chi connectivity index (χ3n) is 4.82. The summed E-state index contributed by atoms with van der Waals surface area (Å²) in [5, 5.41) is 0. The topological polar surface area (TPSA) is 95.6 Å². The number of hydrogen-bond donors (Lipinski definition) is 2. The summed E-state index contributed by atoms with van der Waals surface area (Å²) in [7, 11) is -3.83. The molecule has 0 radical (unpaired) electrons. The van der Waals surface area contributed by atoms with Crippen LogP contribution < -0.4 is 15.2 Å². The fourth-order valence-electron chi connectivity index (χ4n) is 3.37. The predicted molar refractivity (Wildman–Crippen MR) is 93.1 cm³/mol. The van der Waals surface area contributed by atoms with E-state index in [0.29, 0.717) is 18.7 Å². The largest absolute Gasteiger partial charge is 0.312 e. The molecule has 8 heteroatoms. The van der Waals surface area contributed by atoms with E-state index in [0.717, 1.165) is 38.5 Å². The molecule has 0 aromatic heterocycles. The van der Waals surface area contributed by atoms with Gasteiger partial charge in [0.15, 0.2) is 0 Å². The molecule has 1 aromatic rings. The standard InChI is InChI=1S/C17H23N3O4S/c21-16-7-4-12-20(16)14-8-10-15(11-9-14)25(23,24)19-18-17(22)13-5-2-1-3-6-13/h8-11,13,19H,1-7,12H2,(H,18,22). The Morgan fingerprint density at radius 1 is 1.04 bits per heavy atom. The Morgan fingerprint density at radius 2 is 1.72 bits per heavy atom. The van der Waals surface area contributed by atoms with Crippen LogP contribution in [0.4, 0.5) is 5.69 Å². The van der Waals surface area contributed by atoms with Crippen molar-refractivity contribution in [3.05, 3.63) is 24.3 Å². The number of rotatable bonds is 5. The Kier molecular flexibility index (Phi) is 5.39. The first-order valence-corrected chi connectivity index (χ1v) is 10.2. The Labute approximate surface area is 147 Å². The van der Waals surface area contributed by atoms with Crippen molar-refractivity contribution in [2.24, 2.45) is 5.92 Å². The molecule has 2 aliphatic rings. The molecule has 136 valence electrons. The van der Waals surface area contributed by atoms with Crippen molar-refractivity contribution in [3.8, 4) is 0 Å². The van der Waals surface area contributed by atoms with Gasteiger partial charge in [-0.2, -0.15) is 0 Å². The lowest BCUT2D eigenvalue weighted by atomic mass is 9.89. The zero-order chi connectivity index (χ0) is 17.9. The highest BCUT2D eigenvalue weighted by Gasteiger charge is 2.24. The maximum atomic E-state index is 12.3. The molecule has 7 nitrogen and oxygen atoms in total. The Balaban J connectivity index is 1.61. The van der Waals surface area contributed by atoms with Crippen molar-refractivity contribution in [1.29, 1.82) is 0 Å². The Hall–Kier alpha value is -1.93. The second-order valence-corrected chi connectivity index (χ2v) is 8.25. The summed E-state index contributed by atoms with van der Waals surface area (Å²) in [6, 6.07) is 6.10. The summed E-state index contributed by atoms with van der Waals surface area (Å²) >= 11 is 0. The molecular weight excluding hydrogens is 342 g/mol. The monoisotopic (exact) mass is 365 g/mol. The van der Waals surface area contributed by atoms with Crippen molar-refractivity contribution >= 4 is 27.5 Å². The van der Waals surface area contributed by atoms with Crippen molar-refractivity contribution < 1.29 is 18.0 Å². The lowest BCUT2D eigenvalue weighted by Gasteiger charge is -2.21. The summed E-state index contributed by atoms with van der Waals surface area (Å²) in [5.41, 5.74) is 3.01. The van der Waals surface area contributed by atoms with E-state index in [9.17, 15) is 18.0 Å². The molecular formula is C17H23N3O4S. The van der Waals surface area contributed by atoms with Gasteiger partial charge in [0.1, 0.15) is 0 Å². The van der Waals surface area contributed by atoms with Gasteiger partial charge in [0.25, 0.3) is 10.0 Å². The van der Waals surface area contributed by atoms with Crippen LogP contribution >= 0.6 is 0 Å². The van der Waals surface area contributed by atoms with E-state index >= 15 is 0 Å². The lowest BCUT2D eigenvalue weighted by Crippen LogP contribution is -2.44. The van der Waals surface area contributed by atoms with Crippen molar-refractivity contribution in [2.45, 2.75) is 49.8 Å². The van der Waals surface area contributed by atoms with E-state index in [-0.39, 0.29) is 22.6 Å². The van der Waals surface area contributed by atoms with Crippen LogP contribution in [0.2, 0.25) is 0 Å². The molecule has 1 aliphatic heterocycles. The molecule has 25 heavy (non-hydrogen) atoms. The number of hydrogen-bond acceptors (Lipinski definition) is 4. The average Bonchev–Trinajstić information content (AvgIpc) is 3.06. The van der Waals surface area contributed by atoms with Gasteiger partial charge in [-0.15, -0.1) is 4.83 Å². The minimum atomic E-state index is -3.83. The predicted octanol–water partition coefficient (Wildman–Crippen LogP) is 1.70. The maximum absolute atomic E-state index is 12.3. The van der Waals surface area contributed by atoms with Gasteiger partial charge in [-0.1, -0.05) is 19.3 Å². The smallest absolute Gasteiger partial charge is 0.257 e. The molecule has 0 spiro atoms. The number of anilines is 1. The third kappa shape index (κ3) is 4.19. The van der Waals surface area contributed by atoms with Crippen LogP contribution in [-0.4, -0.2) is 26.8 Å². The van der Waals surface area contributed by atoms with Crippen LogP contribution in [-0.2, 0) is 19.6 Å². The fraction of sp³-hybridized carbons (Fsp3) is 0.529. The van der Waals surface area contributed by atoms with Gasteiger partial charge in [-0.05, 0) is 43.5 Å². The number of carbonyl (C=O) groups is 2. The second kappa shape index (κ2) is 7.53. The molecule has 2 N–H and O–H groups in total. The van der Waals surface area contributed by atoms with Crippen LogP contribution in [0.5, 0.6) is 0 Å². The molecule has 1 saturated carbocycles. The first-order chi connectivity index (χ1) is 12.0. The number of nitrogens with zero attached hydrogens (tertiary/aromatic N) is 1. The summed E-state index contributed by atoms with van der Waals surface area (Å²) in [6.45, 7) is 0.653. The molecule has 0 unspecified atom stereocenters. The van der Waals surface area contributed by atoms with Crippen LogP contribution in [0.3, 0.4) is 0 Å². The van der Waals surface area contributed by atoms with Gasteiger partial charge in [0.2, 0.25) is 11.8 Å². The normalized spacial score (nSPS) is 19.2. The Bertz CT molecular complexity index is 740. The first-order valence-electron chi connectivity index (χ1n) is 8.69. The molecule has 1 heterocycles. The van der Waals surface area contributed by atoms with E-state index in [2.05, 4.69) is 10.3 Å². The molecule has 0 bridgehead atoms. The Morgan fingerprint density at radius 3 is 2.32 bits per heavy atom. The van der Waals surface area contributed by atoms with E-state index in [1.807, 2.05) is 0 Å². The van der Waals surface area contributed by atoms with E-state index in [4.69, 9.17) is 0 Å². The second-order valence-electron chi connectivity index (χ2n) is 6.57. The molecule has 0 atom stereocenters. The highest BCUT2D eigenvalue weighted by Crippen LogP contribution is 2.24. The number of nitrogens with one attached hydrogen (secondary N) is 2. The summed E-state index contributed by atoms with van der Waals surface area (Å²) in [5.74, 6) is -0.351.